The van der Waals surface area contributed by atoms with Gasteiger partial charge in [-0.25, -0.2) is 9.59 Å². The highest BCUT2D eigenvalue weighted by molar-refractivity contribution is 6.02. The Labute approximate surface area is 138 Å². The Morgan fingerprint density at radius 3 is 2.21 bits per heavy atom. The minimum atomic E-state index is -1.29. The third-order valence-electron chi connectivity index (χ3n) is 3.61. The Morgan fingerprint density at radius 2 is 1.46 bits per heavy atom. The number of hydrogen-bond acceptors (Lipinski definition) is 2. The molecule has 0 atom stereocenters. The van der Waals surface area contributed by atoms with Crippen LogP contribution < -0.4 is 0 Å². The quantitative estimate of drug-likeness (QED) is 0.708. The Hall–Kier alpha value is -3.58. The molecule has 0 saturated carbocycles. The van der Waals surface area contributed by atoms with Gasteiger partial charge in [0.1, 0.15) is 0 Å². The van der Waals surface area contributed by atoms with Crippen molar-refractivity contribution in [1.82, 2.24) is 0 Å². The van der Waals surface area contributed by atoms with Gasteiger partial charge in [0.15, 0.2) is 0 Å². The Morgan fingerprint density at radius 1 is 0.750 bits per heavy atom. The summed E-state index contributed by atoms with van der Waals surface area (Å²) < 4.78 is 0. The first-order chi connectivity index (χ1) is 11.6. The SMILES string of the molecule is O=C(O)c1ccc(C#Cc2cccc3ccccc23)cc1C(=O)O. The van der Waals surface area contributed by atoms with E-state index in [0.29, 0.717) is 5.56 Å². The lowest BCUT2D eigenvalue weighted by Gasteiger charge is -2.02. The summed E-state index contributed by atoms with van der Waals surface area (Å²) in [6, 6.07) is 17.7. The van der Waals surface area contributed by atoms with Crippen LogP contribution in [0, 0.1) is 11.8 Å². The van der Waals surface area contributed by atoms with E-state index in [4.69, 9.17) is 10.2 Å². The van der Waals surface area contributed by atoms with Gasteiger partial charge in [-0.1, -0.05) is 48.2 Å². The van der Waals surface area contributed by atoms with Crippen LogP contribution in [-0.2, 0) is 0 Å². The van der Waals surface area contributed by atoms with Crippen LogP contribution in [0.15, 0.2) is 60.7 Å². The Kier molecular flexibility index (Phi) is 4.00. The highest BCUT2D eigenvalue weighted by Gasteiger charge is 2.15. The molecular formula is C20H12O4. The molecule has 0 aliphatic carbocycles. The number of hydrogen-bond donors (Lipinski definition) is 2. The molecule has 0 bridgehead atoms. The molecule has 0 aromatic heterocycles. The van der Waals surface area contributed by atoms with Gasteiger partial charge in [-0.15, -0.1) is 0 Å². The van der Waals surface area contributed by atoms with E-state index in [1.54, 1.807) is 0 Å². The van der Waals surface area contributed by atoms with Crippen molar-refractivity contribution in [1.29, 1.82) is 0 Å². The summed E-state index contributed by atoms with van der Waals surface area (Å²) in [7, 11) is 0. The van der Waals surface area contributed by atoms with Gasteiger partial charge >= 0.3 is 11.9 Å². The highest BCUT2D eigenvalue weighted by Crippen LogP contribution is 2.18. The van der Waals surface area contributed by atoms with E-state index in [2.05, 4.69) is 11.8 Å². The fourth-order valence-electron chi connectivity index (χ4n) is 2.46. The van der Waals surface area contributed by atoms with Gasteiger partial charge in [0, 0.05) is 11.1 Å². The number of benzene rings is 3. The molecule has 4 heteroatoms. The molecule has 0 amide bonds. The maximum absolute atomic E-state index is 11.2. The smallest absolute Gasteiger partial charge is 0.336 e. The van der Waals surface area contributed by atoms with Gasteiger partial charge in [-0.05, 0) is 35.0 Å². The van der Waals surface area contributed by atoms with Crippen molar-refractivity contribution in [3.05, 3.63) is 82.9 Å². The van der Waals surface area contributed by atoms with Crippen LogP contribution in [0.5, 0.6) is 0 Å². The minimum absolute atomic E-state index is 0.252. The number of aromatic carboxylic acids is 2. The van der Waals surface area contributed by atoms with Crippen LogP contribution in [0.1, 0.15) is 31.8 Å². The van der Waals surface area contributed by atoms with Crippen LogP contribution in [0.4, 0.5) is 0 Å². The van der Waals surface area contributed by atoms with E-state index in [1.165, 1.54) is 18.2 Å². The van der Waals surface area contributed by atoms with E-state index in [0.717, 1.165) is 16.3 Å². The lowest BCUT2D eigenvalue weighted by molar-refractivity contribution is 0.0651. The summed E-state index contributed by atoms with van der Waals surface area (Å²) in [5, 5.41) is 20.3. The van der Waals surface area contributed by atoms with Gasteiger partial charge in [-0.3, -0.25) is 0 Å². The molecule has 0 aliphatic heterocycles. The molecule has 0 unspecified atom stereocenters. The van der Waals surface area contributed by atoms with Gasteiger partial charge < -0.3 is 10.2 Å². The fraction of sp³-hybridized carbons (Fsp3) is 0. The van der Waals surface area contributed by atoms with Gasteiger partial charge in [0.2, 0.25) is 0 Å². The van der Waals surface area contributed by atoms with E-state index < -0.39 is 11.9 Å². The molecule has 0 fully saturated rings. The van der Waals surface area contributed by atoms with Crippen LogP contribution >= 0.6 is 0 Å². The molecule has 0 spiro atoms. The van der Waals surface area contributed by atoms with E-state index in [-0.39, 0.29) is 11.1 Å². The average Bonchev–Trinajstić information content (AvgIpc) is 2.59. The van der Waals surface area contributed by atoms with E-state index >= 15 is 0 Å². The number of carboxylic acids is 2. The monoisotopic (exact) mass is 316 g/mol. The molecule has 3 aromatic carbocycles. The number of fused-ring (bicyclic) bond motifs is 1. The fourth-order valence-corrected chi connectivity index (χ4v) is 2.46. The summed E-state index contributed by atoms with van der Waals surface area (Å²) in [5.41, 5.74) is 0.753. The van der Waals surface area contributed by atoms with Crippen molar-refractivity contribution in [3.8, 4) is 11.8 Å². The predicted molar refractivity (Wildman–Crippen MR) is 90.3 cm³/mol. The molecule has 0 radical (unpaired) electrons. The third kappa shape index (κ3) is 2.96. The predicted octanol–water partition coefficient (Wildman–Crippen LogP) is 3.64. The van der Waals surface area contributed by atoms with Crippen molar-refractivity contribution >= 4 is 22.7 Å². The molecule has 0 saturated heterocycles. The zero-order valence-corrected chi connectivity index (χ0v) is 12.5. The van der Waals surface area contributed by atoms with Crippen LogP contribution in [0.2, 0.25) is 0 Å². The zero-order valence-electron chi connectivity index (χ0n) is 12.5. The molecule has 24 heavy (non-hydrogen) atoms. The number of rotatable bonds is 2. The van der Waals surface area contributed by atoms with Crippen molar-refractivity contribution in [2.45, 2.75) is 0 Å². The first-order valence-corrected chi connectivity index (χ1v) is 7.16. The second-order valence-electron chi connectivity index (χ2n) is 5.15. The van der Waals surface area contributed by atoms with Crippen molar-refractivity contribution in [2.24, 2.45) is 0 Å². The lowest BCUT2D eigenvalue weighted by atomic mass is 10.0. The highest BCUT2D eigenvalue weighted by atomic mass is 16.4. The first kappa shape index (κ1) is 15.3. The molecular weight excluding hydrogens is 304 g/mol. The maximum Gasteiger partial charge on any atom is 0.336 e. The van der Waals surface area contributed by atoms with Gasteiger partial charge in [0.25, 0.3) is 0 Å². The number of carbonyl (C=O) groups is 2. The molecule has 116 valence electrons. The van der Waals surface area contributed by atoms with Crippen molar-refractivity contribution < 1.29 is 19.8 Å². The Balaban J connectivity index is 2.06. The standard InChI is InChI=1S/C20H12O4/c21-19(22)17-11-9-13(12-18(17)20(23)24)8-10-15-6-3-5-14-4-1-2-7-16(14)15/h1-7,9,11-12H,(H,21,22)(H,23,24). The zero-order chi connectivity index (χ0) is 17.1. The van der Waals surface area contributed by atoms with Crippen molar-refractivity contribution in [2.75, 3.05) is 0 Å². The minimum Gasteiger partial charge on any atom is -0.478 e. The van der Waals surface area contributed by atoms with Gasteiger partial charge in [0.05, 0.1) is 11.1 Å². The third-order valence-corrected chi connectivity index (χ3v) is 3.61. The van der Waals surface area contributed by atoms with Gasteiger partial charge in [-0.2, -0.15) is 0 Å². The van der Waals surface area contributed by atoms with Crippen LogP contribution in [0.25, 0.3) is 10.8 Å². The maximum atomic E-state index is 11.2. The summed E-state index contributed by atoms with van der Waals surface area (Å²) in [4.78, 5) is 22.3. The second kappa shape index (κ2) is 6.27. The summed E-state index contributed by atoms with van der Waals surface area (Å²) in [5.74, 6) is 3.37. The van der Waals surface area contributed by atoms with Crippen molar-refractivity contribution in [3.63, 3.8) is 0 Å². The Bertz CT molecular complexity index is 1020. The molecule has 3 rings (SSSR count). The summed E-state index contributed by atoms with van der Waals surface area (Å²) in [6.07, 6.45) is 0. The molecule has 3 aromatic rings. The molecule has 0 aliphatic rings. The second-order valence-corrected chi connectivity index (χ2v) is 5.15. The van der Waals surface area contributed by atoms with Crippen LogP contribution in [-0.4, -0.2) is 22.2 Å². The largest absolute Gasteiger partial charge is 0.478 e. The molecule has 0 heterocycles. The normalized spacial score (nSPS) is 10.0. The van der Waals surface area contributed by atoms with E-state index in [1.807, 2.05) is 42.5 Å². The van der Waals surface area contributed by atoms with Crippen LogP contribution in [0.3, 0.4) is 0 Å². The number of carboxylic acid groups (broad SMARTS) is 2. The molecule has 4 nitrogen and oxygen atoms in total. The van der Waals surface area contributed by atoms with E-state index in [9.17, 15) is 9.59 Å². The molecule has 2 N–H and O–H groups in total. The summed E-state index contributed by atoms with van der Waals surface area (Å²) >= 11 is 0. The summed E-state index contributed by atoms with van der Waals surface area (Å²) in [6.45, 7) is 0. The average molecular weight is 316 g/mol. The lowest BCUT2D eigenvalue weighted by Crippen LogP contribution is -2.08. The topological polar surface area (TPSA) is 74.6 Å². The first-order valence-electron chi connectivity index (χ1n) is 7.16.